The fraction of sp³-hybridized carbons (Fsp3) is 0.571. The Morgan fingerprint density at radius 2 is 1.78 bits per heavy atom. The average Bonchev–Trinajstić information content (AvgIpc) is 2.34. The largest absolute Gasteiger partial charge is 0.494 e. The van der Waals surface area contributed by atoms with Gasteiger partial charge in [0.15, 0.2) is 5.75 Å². The lowest BCUT2D eigenvalue weighted by Crippen LogP contribution is -2.18. The van der Waals surface area contributed by atoms with E-state index in [1.807, 2.05) is 12.1 Å². The van der Waals surface area contributed by atoms with Crippen molar-refractivity contribution in [1.82, 2.24) is 0 Å². The van der Waals surface area contributed by atoms with E-state index >= 15 is 0 Å². The minimum atomic E-state index is 0.275. The summed E-state index contributed by atoms with van der Waals surface area (Å²) in [5, 5.41) is 1.12. The van der Waals surface area contributed by atoms with E-state index in [1.54, 1.807) is 7.11 Å². The van der Waals surface area contributed by atoms with Crippen LogP contribution >= 0.6 is 23.2 Å². The first kappa shape index (κ1) is 15.6. The molecule has 2 unspecified atom stereocenters. The molecular weight excluding hydrogens is 269 g/mol. The number of benzene rings is 1. The lowest BCUT2D eigenvalue weighted by atomic mass is 9.94. The standard InChI is InChI=1S/C14H21Cl2NO/c1-4-11(17)6-5-9(2)10-7-12(15)14(18-3)13(16)8-10/h7-9,11H,4-6,17H2,1-3H3. The molecule has 0 aliphatic carbocycles. The van der Waals surface area contributed by atoms with Gasteiger partial charge in [0.2, 0.25) is 0 Å². The molecule has 0 saturated heterocycles. The van der Waals surface area contributed by atoms with Crippen molar-refractivity contribution in [3.63, 3.8) is 0 Å². The predicted octanol–water partition coefficient (Wildman–Crippen LogP) is 4.62. The third-order valence-electron chi connectivity index (χ3n) is 3.29. The normalized spacial score (nSPS) is 14.3. The van der Waals surface area contributed by atoms with Gasteiger partial charge in [0.05, 0.1) is 17.2 Å². The number of hydrogen-bond acceptors (Lipinski definition) is 2. The third-order valence-corrected chi connectivity index (χ3v) is 3.85. The number of hydrogen-bond donors (Lipinski definition) is 1. The molecule has 4 heteroatoms. The molecule has 0 aromatic heterocycles. The van der Waals surface area contributed by atoms with Crippen molar-refractivity contribution in [2.45, 2.75) is 45.1 Å². The van der Waals surface area contributed by atoms with Crippen LogP contribution < -0.4 is 10.5 Å². The lowest BCUT2D eigenvalue weighted by Gasteiger charge is -2.16. The Balaban J connectivity index is 2.77. The zero-order valence-corrected chi connectivity index (χ0v) is 12.7. The highest BCUT2D eigenvalue weighted by molar-refractivity contribution is 6.37. The van der Waals surface area contributed by atoms with Crippen molar-refractivity contribution in [2.75, 3.05) is 7.11 Å². The van der Waals surface area contributed by atoms with Crippen LogP contribution in [0.15, 0.2) is 12.1 Å². The summed E-state index contributed by atoms with van der Waals surface area (Å²) in [6.07, 6.45) is 3.06. The first-order valence-corrected chi connectivity index (χ1v) is 7.03. The minimum absolute atomic E-state index is 0.275. The van der Waals surface area contributed by atoms with E-state index in [0.717, 1.165) is 24.8 Å². The monoisotopic (exact) mass is 289 g/mol. The third kappa shape index (κ3) is 4.04. The van der Waals surface area contributed by atoms with Crippen molar-refractivity contribution >= 4 is 23.2 Å². The predicted molar refractivity (Wildman–Crippen MR) is 78.9 cm³/mol. The summed E-state index contributed by atoms with van der Waals surface area (Å²) in [5.74, 6) is 0.933. The van der Waals surface area contributed by atoms with Crippen LogP contribution in [0.4, 0.5) is 0 Å². The first-order chi connectivity index (χ1) is 8.49. The number of ether oxygens (including phenoxy) is 1. The molecule has 2 N–H and O–H groups in total. The second-order valence-electron chi connectivity index (χ2n) is 4.66. The number of halogens is 2. The van der Waals surface area contributed by atoms with Crippen LogP contribution in [0.5, 0.6) is 5.75 Å². The van der Waals surface area contributed by atoms with E-state index in [2.05, 4.69) is 13.8 Å². The summed E-state index contributed by atoms with van der Waals surface area (Å²) in [7, 11) is 1.57. The van der Waals surface area contributed by atoms with Gasteiger partial charge in [-0.3, -0.25) is 0 Å². The van der Waals surface area contributed by atoms with Gasteiger partial charge in [-0.15, -0.1) is 0 Å². The van der Waals surface area contributed by atoms with Crippen molar-refractivity contribution in [3.8, 4) is 5.75 Å². The fourth-order valence-corrected chi connectivity index (χ4v) is 2.55. The Labute approximate surface area is 119 Å². The summed E-state index contributed by atoms with van der Waals surface area (Å²) in [4.78, 5) is 0. The van der Waals surface area contributed by atoms with Gasteiger partial charge in [0.25, 0.3) is 0 Å². The highest BCUT2D eigenvalue weighted by atomic mass is 35.5. The number of nitrogens with two attached hydrogens (primary N) is 1. The summed E-state index contributed by atoms with van der Waals surface area (Å²) in [6, 6.07) is 4.12. The minimum Gasteiger partial charge on any atom is -0.494 e. The topological polar surface area (TPSA) is 35.2 Å². The number of methoxy groups -OCH3 is 1. The maximum absolute atomic E-state index is 6.13. The summed E-state index contributed by atoms with van der Waals surface area (Å²) >= 11 is 12.3. The molecule has 0 amide bonds. The van der Waals surface area contributed by atoms with Gasteiger partial charge in [-0.1, -0.05) is 37.0 Å². The van der Waals surface area contributed by atoms with Crippen molar-refractivity contribution in [3.05, 3.63) is 27.7 Å². The fourth-order valence-electron chi connectivity index (χ4n) is 1.89. The molecule has 1 aromatic rings. The molecule has 2 nitrogen and oxygen atoms in total. The highest BCUT2D eigenvalue weighted by Crippen LogP contribution is 2.36. The summed E-state index contributed by atoms with van der Waals surface area (Å²) in [5.41, 5.74) is 7.07. The molecule has 0 fully saturated rings. The van der Waals surface area contributed by atoms with Gasteiger partial charge in [0.1, 0.15) is 0 Å². The molecule has 0 radical (unpaired) electrons. The Morgan fingerprint density at radius 1 is 1.22 bits per heavy atom. The van der Waals surface area contributed by atoms with Crippen LogP contribution in [-0.4, -0.2) is 13.2 Å². The zero-order chi connectivity index (χ0) is 13.7. The molecule has 0 bridgehead atoms. The lowest BCUT2D eigenvalue weighted by molar-refractivity contribution is 0.415. The van der Waals surface area contributed by atoms with Gasteiger partial charge >= 0.3 is 0 Å². The Morgan fingerprint density at radius 3 is 2.22 bits per heavy atom. The average molecular weight is 290 g/mol. The SMILES string of the molecule is CCC(N)CCC(C)c1cc(Cl)c(OC)c(Cl)c1. The van der Waals surface area contributed by atoms with Gasteiger partial charge in [0, 0.05) is 6.04 Å². The maximum Gasteiger partial charge on any atom is 0.156 e. The summed E-state index contributed by atoms with van der Waals surface area (Å²) in [6.45, 7) is 4.27. The molecule has 2 atom stereocenters. The molecule has 0 aliphatic rings. The molecule has 0 spiro atoms. The van der Waals surface area contributed by atoms with Crippen molar-refractivity contribution < 1.29 is 4.74 Å². The van der Waals surface area contributed by atoms with Crippen LogP contribution in [0.25, 0.3) is 0 Å². The second kappa shape index (κ2) is 7.22. The molecule has 0 heterocycles. The maximum atomic E-state index is 6.13. The Hall–Kier alpha value is -0.440. The van der Waals surface area contributed by atoms with E-state index in [1.165, 1.54) is 0 Å². The molecule has 1 rings (SSSR count). The Kier molecular flexibility index (Phi) is 6.27. The molecular formula is C14H21Cl2NO. The van der Waals surface area contributed by atoms with E-state index in [9.17, 15) is 0 Å². The van der Waals surface area contributed by atoms with E-state index in [-0.39, 0.29) is 6.04 Å². The molecule has 0 saturated carbocycles. The molecule has 102 valence electrons. The van der Waals surface area contributed by atoms with E-state index in [4.69, 9.17) is 33.7 Å². The van der Waals surface area contributed by atoms with Gasteiger partial charge in [-0.2, -0.15) is 0 Å². The van der Waals surface area contributed by atoms with Gasteiger partial charge in [-0.25, -0.2) is 0 Å². The first-order valence-electron chi connectivity index (χ1n) is 6.28. The van der Waals surface area contributed by atoms with Crippen LogP contribution in [-0.2, 0) is 0 Å². The second-order valence-corrected chi connectivity index (χ2v) is 5.48. The van der Waals surface area contributed by atoms with Crippen LogP contribution in [0, 0.1) is 0 Å². The van der Waals surface area contributed by atoms with Crippen LogP contribution in [0.3, 0.4) is 0 Å². The molecule has 0 aliphatic heterocycles. The van der Waals surface area contributed by atoms with Crippen molar-refractivity contribution in [1.29, 1.82) is 0 Å². The van der Waals surface area contributed by atoms with Crippen LogP contribution in [0.2, 0.25) is 10.0 Å². The highest BCUT2D eigenvalue weighted by Gasteiger charge is 2.13. The van der Waals surface area contributed by atoms with Gasteiger partial charge in [-0.05, 0) is 42.9 Å². The molecule has 1 aromatic carbocycles. The summed E-state index contributed by atoms with van der Waals surface area (Å²) < 4.78 is 5.14. The van der Waals surface area contributed by atoms with Gasteiger partial charge < -0.3 is 10.5 Å². The smallest absolute Gasteiger partial charge is 0.156 e. The molecule has 18 heavy (non-hydrogen) atoms. The van der Waals surface area contributed by atoms with Crippen LogP contribution in [0.1, 0.15) is 44.6 Å². The van der Waals surface area contributed by atoms with E-state index in [0.29, 0.717) is 21.7 Å². The Bertz CT molecular complexity index is 372. The number of rotatable bonds is 6. The van der Waals surface area contributed by atoms with Crippen molar-refractivity contribution in [2.24, 2.45) is 5.73 Å². The van der Waals surface area contributed by atoms with E-state index < -0.39 is 0 Å². The zero-order valence-electron chi connectivity index (χ0n) is 11.2. The quantitative estimate of drug-likeness (QED) is 0.829.